The van der Waals surface area contributed by atoms with Gasteiger partial charge in [0.05, 0.1) is 10.2 Å². The highest BCUT2D eigenvalue weighted by Crippen LogP contribution is 2.36. The van der Waals surface area contributed by atoms with E-state index in [1.54, 1.807) is 0 Å². The molecule has 18 heavy (non-hydrogen) atoms. The Morgan fingerprint density at radius 3 is 3.00 bits per heavy atom. The molecule has 2 aromatic carbocycles. The predicted molar refractivity (Wildman–Crippen MR) is 74.0 cm³/mol. The van der Waals surface area contributed by atoms with Crippen LogP contribution in [0.1, 0.15) is 10.6 Å². The van der Waals surface area contributed by atoms with Gasteiger partial charge in [0.1, 0.15) is 6.07 Å². The lowest BCUT2D eigenvalue weighted by Crippen LogP contribution is -1.90. The maximum Gasteiger partial charge on any atom is 0.195 e. The molecular formula is C14H9N3S. The summed E-state index contributed by atoms with van der Waals surface area (Å²) in [6, 6.07) is 10.5. The second kappa shape index (κ2) is 3.44. The van der Waals surface area contributed by atoms with Crippen molar-refractivity contribution < 1.29 is 0 Å². The van der Waals surface area contributed by atoms with Gasteiger partial charge in [0.25, 0.3) is 0 Å². The molecular weight excluding hydrogens is 242 g/mol. The molecule has 0 spiro atoms. The molecule has 4 heteroatoms. The van der Waals surface area contributed by atoms with Crippen molar-refractivity contribution >= 4 is 38.0 Å². The molecule has 0 unspecified atom stereocenters. The molecule has 1 aliphatic rings. The fourth-order valence-electron chi connectivity index (χ4n) is 2.66. The number of rotatable bonds is 0. The summed E-state index contributed by atoms with van der Waals surface area (Å²) >= 11 is 1.48. The van der Waals surface area contributed by atoms with Crippen LogP contribution in [0.4, 0.5) is 5.69 Å². The molecule has 0 saturated carbocycles. The monoisotopic (exact) mass is 251 g/mol. The van der Waals surface area contributed by atoms with E-state index in [4.69, 9.17) is 5.26 Å². The van der Waals surface area contributed by atoms with Crippen LogP contribution in [0.2, 0.25) is 0 Å². The van der Waals surface area contributed by atoms with Crippen LogP contribution in [0.3, 0.4) is 0 Å². The van der Waals surface area contributed by atoms with Gasteiger partial charge in [-0.05, 0) is 29.5 Å². The van der Waals surface area contributed by atoms with Crippen LogP contribution < -0.4 is 5.32 Å². The minimum Gasteiger partial charge on any atom is -0.384 e. The van der Waals surface area contributed by atoms with Gasteiger partial charge >= 0.3 is 0 Å². The van der Waals surface area contributed by atoms with Gasteiger partial charge < -0.3 is 5.32 Å². The molecule has 0 radical (unpaired) electrons. The zero-order valence-electron chi connectivity index (χ0n) is 9.53. The summed E-state index contributed by atoms with van der Waals surface area (Å²) in [6.45, 7) is 1.01. The number of nitrogens with one attached hydrogen (secondary N) is 1. The number of nitrogens with zero attached hydrogens (tertiary/aromatic N) is 2. The van der Waals surface area contributed by atoms with Crippen molar-refractivity contribution in [3.05, 3.63) is 34.8 Å². The predicted octanol–water partition coefficient (Wildman–Crippen LogP) is 3.29. The standard InChI is InChI=1S/C14H9N3S/c15-7-13-17-12-4-1-8-9-5-6-16-11(9)3-2-10(8)14(12)18-13/h1-4,16H,5-6H2. The van der Waals surface area contributed by atoms with Crippen molar-refractivity contribution in [1.82, 2.24) is 4.98 Å². The topological polar surface area (TPSA) is 48.7 Å². The van der Waals surface area contributed by atoms with Crippen molar-refractivity contribution in [3.8, 4) is 6.07 Å². The van der Waals surface area contributed by atoms with Crippen molar-refractivity contribution in [2.75, 3.05) is 11.9 Å². The molecule has 0 atom stereocenters. The summed E-state index contributed by atoms with van der Waals surface area (Å²) in [7, 11) is 0. The second-order valence-corrected chi connectivity index (χ2v) is 5.41. The first-order valence-corrected chi connectivity index (χ1v) is 6.67. The van der Waals surface area contributed by atoms with Gasteiger partial charge in [-0.2, -0.15) is 5.26 Å². The van der Waals surface area contributed by atoms with E-state index in [1.165, 1.54) is 33.4 Å². The minimum absolute atomic E-state index is 0.538. The highest BCUT2D eigenvalue weighted by molar-refractivity contribution is 7.20. The molecule has 0 aliphatic carbocycles. The largest absolute Gasteiger partial charge is 0.384 e. The number of benzene rings is 2. The first-order chi connectivity index (χ1) is 8.86. The number of nitriles is 1. The molecule has 0 fully saturated rings. The number of aromatic nitrogens is 1. The molecule has 3 nitrogen and oxygen atoms in total. The van der Waals surface area contributed by atoms with Crippen molar-refractivity contribution in [2.24, 2.45) is 0 Å². The summed E-state index contributed by atoms with van der Waals surface area (Å²) in [5.41, 5.74) is 3.56. The average Bonchev–Trinajstić information content (AvgIpc) is 3.03. The average molecular weight is 251 g/mol. The van der Waals surface area contributed by atoms with E-state index in [0.717, 1.165) is 23.2 Å². The van der Waals surface area contributed by atoms with Gasteiger partial charge in [-0.1, -0.05) is 12.1 Å². The summed E-state index contributed by atoms with van der Waals surface area (Å²) in [5.74, 6) is 0. The maximum absolute atomic E-state index is 8.95. The lowest BCUT2D eigenvalue weighted by atomic mass is 10.0. The van der Waals surface area contributed by atoms with Crippen LogP contribution >= 0.6 is 11.3 Å². The molecule has 1 N–H and O–H groups in total. The van der Waals surface area contributed by atoms with Gasteiger partial charge in [-0.25, -0.2) is 4.98 Å². The normalized spacial score (nSPS) is 13.5. The third kappa shape index (κ3) is 1.20. The first-order valence-electron chi connectivity index (χ1n) is 5.86. The molecule has 4 rings (SSSR count). The highest BCUT2D eigenvalue weighted by Gasteiger charge is 2.15. The Hall–Kier alpha value is -2.12. The smallest absolute Gasteiger partial charge is 0.195 e. The van der Waals surface area contributed by atoms with Crippen LogP contribution in [0.5, 0.6) is 0 Å². The summed E-state index contributed by atoms with van der Waals surface area (Å²) in [4.78, 5) is 4.32. The number of thiazole rings is 1. The molecule has 1 aromatic heterocycles. The third-order valence-electron chi connectivity index (χ3n) is 3.45. The molecule has 1 aliphatic heterocycles. The van der Waals surface area contributed by atoms with Gasteiger partial charge in [-0.15, -0.1) is 11.3 Å². The molecule has 0 bridgehead atoms. The summed E-state index contributed by atoms with van der Waals surface area (Å²) < 4.78 is 1.12. The lowest BCUT2D eigenvalue weighted by molar-refractivity contribution is 1.11. The number of fused-ring (bicyclic) bond motifs is 5. The minimum atomic E-state index is 0.538. The molecule has 2 heterocycles. The Labute approximate surface area is 108 Å². The van der Waals surface area contributed by atoms with Gasteiger partial charge in [-0.3, -0.25) is 0 Å². The zero-order valence-corrected chi connectivity index (χ0v) is 10.3. The lowest BCUT2D eigenvalue weighted by Gasteiger charge is -2.05. The van der Waals surface area contributed by atoms with Gasteiger partial charge in [0.2, 0.25) is 0 Å². The zero-order chi connectivity index (χ0) is 12.1. The van der Waals surface area contributed by atoms with E-state index in [9.17, 15) is 0 Å². The Balaban J connectivity index is 2.17. The number of hydrogen-bond acceptors (Lipinski definition) is 4. The highest BCUT2D eigenvalue weighted by atomic mass is 32.1. The van der Waals surface area contributed by atoms with E-state index in [2.05, 4.69) is 34.6 Å². The molecule has 3 aromatic rings. The Kier molecular flexibility index (Phi) is 1.88. The van der Waals surface area contributed by atoms with Crippen LogP contribution in [0.25, 0.3) is 21.0 Å². The number of hydrogen-bond donors (Lipinski definition) is 1. The summed E-state index contributed by atoms with van der Waals surface area (Å²) in [6.07, 6.45) is 1.07. The Bertz CT molecular complexity index is 826. The SMILES string of the molecule is N#Cc1nc2ccc3c4c(ccc3c2s1)NCC4. The molecule has 0 saturated heterocycles. The van der Waals surface area contributed by atoms with Crippen LogP contribution in [-0.2, 0) is 6.42 Å². The van der Waals surface area contributed by atoms with Crippen LogP contribution in [0.15, 0.2) is 24.3 Å². The van der Waals surface area contributed by atoms with Gasteiger partial charge in [0.15, 0.2) is 5.01 Å². The molecule has 0 amide bonds. The van der Waals surface area contributed by atoms with Crippen LogP contribution in [-0.4, -0.2) is 11.5 Å². The van der Waals surface area contributed by atoms with E-state index >= 15 is 0 Å². The fourth-order valence-corrected chi connectivity index (χ4v) is 3.55. The maximum atomic E-state index is 8.95. The fraction of sp³-hybridized carbons (Fsp3) is 0.143. The van der Waals surface area contributed by atoms with E-state index in [0.29, 0.717) is 5.01 Å². The Morgan fingerprint density at radius 1 is 1.22 bits per heavy atom. The first kappa shape index (κ1) is 9.86. The Morgan fingerprint density at radius 2 is 2.11 bits per heavy atom. The van der Waals surface area contributed by atoms with E-state index < -0.39 is 0 Å². The summed E-state index contributed by atoms with van der Waals surface area (Å²) in [5, 5.41) is 15.4. The van der Waals surface area contributed by atoms with Crippen molar-refractivity contribution in [1.29, 1.82) is 5.26 Å². The van der Waals surface area contributed by atoms with Crippen molar-refractivity contribution in [3.63, 3.8) is 0 Å². The third-order valence-corrected chi connectivity index (χ3v) is 4.46. The van der Waals surface area contributed by atoms with E-state index in [-0.39, 0.29) is 0 Å². The molecule has 86 valence electrons. The van der Waals surface area contributed by atoms with Crippen LogP contribution in [0, 0.1) is 11.3 Å². The number of anilines is 1. The van der Waals surface area contributed by atoms with Gasteiger partial charge in [0, 0.05) is 17.6 Å². The van der Waals surface area contributed by atoms with Crippen molar-refractivity contribution in [2.45, 2.75) is 6.42 Å². The quantitative estimate of drug-likeness (QED) is 0.667. The van der Waals surface area contributed by atoms with E-state index in [1.807, 2.05) is 6.07 Å². The second-order valence-electron chi connectivity index (χ2n) is 4.41.